The Hall–Kier alpha value is -4.58. The van der Waals surface area contributed by atoms with Gasteiger partial charge < -0.3 is 19.0 Å². The van der Waals surface area contributed by atoms with Gasteiger partial charge in [0.25, 0.3) is 0 Å². The molecule has 1 saturated carbocycles. The van der Waals surface area contributed by atoms with Crippen molar-refractivity contribution >= 4 is 0 Å². The lowest BCUT2D eigenvalue weighted by atomic mass is 9.51. The average molecular weight is 701 g/mol. The van der Waals surface area contributed by atoms with Crippen molar-refractivity contribution in [3.8, 4) is 11.5 Å². The third-order valence-corrected chi connectivity index (χ3v) is 12.5. The molecule has 6 nitrogen and oxygen atoms in total. The topological polar surface area (TPSA) is 101 Å². The predicted octanol–water partition coefficient (Wildman–Crippen LogP) is 10.6. The van der Waals surface area contributed by atoms with Gasteiger partial charge in [-0.05, 0) is 74.3 Å². The zero-order valence-electron chi connectivity index (χ0n) is 31.2. The van der Waals surface area contributed by atoms with Gasteiger partial charge in [0.15, 0.2) is 0 Å². The zero-order valence-corrected chi connectivity index (χ0v) is 31.2. The van der Waals surface area contributed by atoms with Crippen LogP contribution in [-0.4, -0.2) is 10.2 Å². The number of hydrogen-bond donors (Lipinski definition) is 2. The van der Waals surface area contributed by atoms with Crippen LogP contribution < -0.4 is 11.3 Å². The Morgan fingerprint density at radius 1 is 0.577 bits per heavy atom. The molecule has 1 fully saturated rings. The van der Waals surface area contributed by atoms with E-state index in [4.69, 9.17) is 8.83 Å². The molecule has 0 amide bonds. The summed E-state index contributed by atoms with van der Waals surface area (Å²) in [5.41, 5.74) is 4.02. The number of hydrogen-bond acceptors (Lipinski definition) is 6. The molecule has 2 aromatic carbocycles. The van der Waals surface area contributed by atoms with Gasteiger partial charge in [0, 0.05) is 47.6 Å². The van der Waals surface area contributed by atoms with E-state index in [9.17, 15) is 19.8 Å². The molecule has 7 rings (SSSR count). The molecule has 272 valence electrons. The van der Waals surface area contributed by atoms with Crippen molar-refractivity contribution < 1.29 is 19.0 Å². The third-order valence-electron chi connectivity index (χ3n) is 12.5. The van der Waals surface area contributed by atoms with Crippen LogP contribution >= 0.6 is 0 Å². The number of aromatic hydroxyl groups is 2. The van der Waals surface area contributed by atoms with Crippen LogP contribution in [0.15, 0.2) is 115 Å². The second-order valence-corrected chi connectivity index (χ2v) is 16.4. The van der Waals surface area contributed by atoms with E-state index in [0.717, 1.165) is 36.8 Å². The summed E-state index contributed by atoms with van der Waals surface area (Å²) in [6.45, 7) is 12.8. The summed E-state index contributed by atoms with van der Waals surface area (Å²) in [6.07, 6.45) is 8.12. The van der Waals surface area contributed by atoms with Crippen LogP contribution in [0.4, 0.5) is 0 Å². The molecule has 52 heavy (non-hydrogen) atoms. The van der Waals surface area contributed by atoms with Crippen molar-refractivity contribution in [2.45, 2.75) is 103 Å². The smallest absolute Gasteiger partial charge is 0.343 e. The quantitative estimate of drug-likeness (QED) is 0.177. The van der Waals surface area contributed by atoms with Crippen LogP contribution in [0, 0.1) is 23.7 Å². The molecule has 3 aliphatic carbocycles. The Morgan fingerprint density at radius 3 is 1.27 bits per heavy atom. The minimum atomic E-state index is -0.511. The third kappa shape index (κ3) is 6.50. The monoisotopic (exact) mass is 700 g/mol. The van der Waals surface area contributed by atoms with E-state index in [-0.39, 0.29) is 58.8 Å². The Labute approximate surface area is 306 Å². The molecule has 0 bridgehead atoms. The van der Waals surface area contributed by atoms with Crippen LogP contribution in [0.25, 0.3) is 0 Å². The molecule has 0 spiro atoms. The van der Waals surface area contributed by atoms with Crippen molar-refractivity contribution in [3.05, 3.63) is 151 Å². The molecular weight excluding hydrogens is 649 g/mol. The van der Waals surface area contributed by atoms with Gasteiger partial charge in [0.05, 0.1) is 11.1 Å². The maximum atomic E-state index is 14.0. The maximum Gasteiger partial charge on any atom is 0.343 e. The van der Waals surface area contributed by atoms with Gasteiger partial charge in [-0.2, -0.15) is 0 Å². The van der Waals surface area contributed by atoms with Crippen molar-refractivity contribution in [2.24, 2.45) is 23.7 Å². The lowest BCUT2D eigenvalue weighted by molar-refractivity contribution is 0.166. The van der Waals surface area contributed by atoms with Crippen LogP contribution in [0.3, 0.4) is 0 Å². The first-order chi connectivity index (χ1) is 24.9. The summed E-state index contributed by atoms with van der Waals surface area (Å²) < 4.78 is 12.6. The molecular formula is C46H52O6. The number of allylic oxidation sites excluding steroid dienone is 4. The fourth-order valence-electron chi connectivity index (χ4n) is 9.86. The largest absolute Gasteiger partial charge is 0.507 e. The molecule has 0 unspecified atom stereocenters. The minimum Gasteiger partial charge on any atom is -0.507 e. The fraction of sp³-hybridized carbons (Fsp3) is 0.435. The van der Waals surface area contributed by atoms with E-state index >= 15 is 0 Å². The lowest BCUT2D eigenvalue weighted by Crippen LogP contribution is -2.41. The second-order valence-electron chi connectivity index (χ2n) is 16.4. The molecule has 2 N–H and O–H groups in total. The molecule has 4 atom stereocenters. The molecule has 0 aliphatic heterocycles. The van der Waals surface area contributed by atoms with Crippen molar-refractivity contribution in [1.82, 2.24) is 0 Å². The van der Waals surface area contributed by atoms with Crippen LogP contribution in [-0.2, 0) is 0 Å². The molecule has 3 aliphatic rings. The molecule has 2 heterocycles. The summed E-state index contributed by atoms with van der Waals surface area (Å²) in [7, 11) is 0. The van der Waals surface area contributed by atoms with Crippen LogP contribution in [0.1, 0.15) is 137 Å². The molecule has 4 aromatic rings. The first-order valence-electron chi connectivity index (χ1n) is 19.1. The SMILES string of the molecule is CC1=C[C@H](c2c(O)cc(C3C(c4ccccc4)C(c4cc(O)c([C@H]5C=C(C)CC[C@@H]5C(C)C)c(=O)o4)C3c3ccccc3)oc2=O)[C@@H](C(C)C)CC1. The van der Waals surface area contributed by atoms with Gasteiger partial charge in [-0.25, -0.2) is 9.59 Å². The maximum absolute atomic E-state index is 14.0. The summed E-state index contributed by atoms with van der Waals surface area (Å²) >= 11 is 0. The first kappa shape index (κ1) is 35.8. The molecule has 2 aromatic heterocycles. The van der Waals surface area contributed by atoms with E-state index in [1.165, 1.54) is 11.1 Å². The summed E-state index contributed by atoms with van der Waals surface area (Å²) in [5.74, 6) is 0.0490. The van der Waals surface area contributed by atoms with Gasteiger partial charge in [0.2, 0.25) is 0 Å². The summed E-state index contributed by atoms with van der Waals surface area (Å²) in [5, 5.41) is 23.4. The second kappa shape index (κ2) is 14.4. The zero-order chi connectivity index (χ0) is 36.8. The summed E-state index contributed by atoms with van der Waals surface area (Å²) in [4.78, 5) is 28.1. The Bertz CT molecular complexity index is 1930. The highest BCUT2D eigenvalue weighted by molar-refractivity contribution is 5.48. The van der Waals surface area contributed by atoms with E-state index < -0.39 is 11.3 Å². The number of benzene rings is 2. The standard InChI is InChI=1S/C46H52O6/c1-25(2)31-19-17-27(5)21-33(31)41-35(47)23-37(51-45(41)49)43-39(29-13-9-7-10-14-29)44(40(43)30-15-11-8-12-16-30)38-24-36(48)42(46(50)52-38)34-22-28(6)18-20-32(34)26(3)4/h7-16,21-26,31-34,39-40,43-44,47-48H,17-20H2,1-6H3/t31-,32-,33+,34+,39?,40?,43?,44?/m1/s1. The normalized spacial score (nSPS) is 27.6. The van der Waals surface area contributed by atoms with E-state index in [1.807, 2.05) is 60.7 Å². The number of rotatable bonds is 8. The fourth-order valence-corrected chi connectivity index (χ4v) is 9.86. The van der Waals surface area contributed by atoms with E-state index in [2.05, 4.69) is 53.7 Å². The van der Waals surface area contributed by atoms with Gasteiger partial charge in [0.1, 0.15) is 23.0 Å². The highest BCUT2D eigenvalue weighted by atomic mass is 16.4. The van der Waals surface area contributed by atoms with Crippen molar-refractivity contribution in [2.75, 3.05) is 0 Å². The average Bonchev–Trinajstić information content (AvgIpc) is 3.08. The highest BCUT2D eigenvalue weighted by Crippen LogP contribution is 2.67. The first-order valence-corrected chi connectivity index (χ1v) is 19.1. The van der Waals surface area contributed by atoms with Gasteiger partial charge in [-0.3, -0.25) is 0 Å². The van der Waals surface area contributed by atoms with Gasteiger partial charge >= 0.3 is 11.3 Å². The molecule has 0 radical (unpaired) electrons. The Balaban J connectivity index is 1.36. The van der Waals surface area contributed by atoms with E-state index in [0.29, 0.717) is 34.5 Å². The van der Waals surface area contributed by atoms with E-state index in [1.54, 1.807) is 12.1 Å². The minimum absolute atomic E-state index is 0.0426. The Kier molecular flexibility index (Phi) is 9.95. The molecule has 6 heteroatoms. The van der Waals surface area contributed by atoms with Gasteiger partial charge in [-0.1, -0.05) is 112 Å². The van der Waals surface area contributed by atoms with Crippen molar-refractivity contribution in [3.63, 3.8) is 0 Å². The van der Waals surface area contributed by atoms with Crippen LogP contribution in [0.2, 0.25) is 0 Å². The predicted molar refractivity (Wildman–Crippen MR) is 205 cm³/mol. The summed E-state index contributed by atoms with van der Waals surface area (Å²) in [6, 6.07) is 23.3. The van der Waals surface area contributed by atoms with Crippen molar-refractivity contribution in [1.29, 1.82) is 0 Å². The molecule has 0 saturated heterocycles. The van der Waals surface area contributed by atoms with Crippen LogP contribution in [0.5, 0.6) is 11.5 Å². The van der Waals surface area contributed by atoms with Gasteiger partial charge in [-0.15, -0.1) is 0 Å². The lowest BCUT2D eigenvalue weighted by Gasteiger charge is -2.51. The Morgan fingerprint density at radius 2 is 0.942 bits per heavy atom. The highest BCUT2D eigenvalue weighted by Gasteiger charge is 2.56.